The summed E-state index contributed by atoms with van der Waals surface area (Å²) in [6, 6.07) is 0. The molecule has 0 aromatic carbocycles. The van der Waals surface area contributed by atoms with Crippen molar-refractivity contribution in [1.82, 2.24) is 15.2 Å². The number of aromatic nitrogens is 3. The minimum absolute atomic E-state index is 0. The van der Waals surface area contributed by atoms with Gasteiger partial charge >= 0.3 is 19.5 Å². The first kappa shape index (κ1) is 12.3. The predicted octanol–water partition coefficient (Wildman–Crippen LogP) is 0.0592. The average molecular weight is 229 g/mol. The summed E-state index contributed by atoms with van der Waals surface area (Å²) in [7, 11) is 0. The monoisotopic (exact) mass is 230 g/mol. The Morgan fingerprint density at radius 1 is 1.50 bits per heavy atom. The summed E-state index contributed by atoms with van der Waals surface area (Å²) in [4.78, 5) is 12.4. The minimum atomic E-state index is -0.377. The number of nitrogens with zero attached hydrogens (tertiary/aromatic N) is 2. The summed E-state index contributed by atoms with van der Waals surface area (Å²) >= 11 is 0. The van der Waals surface area contributed by atoms with E-state index in [0.29, 0.717) is 5.82 Å². The Balaban J connectivity index is 0. The van der Waals surface area contributed by atoms with Crippen LogP contribution in [0.4, 0.5) is 0 Å². The van der Waals surface area contributed by atoms with Crippen LogP contribution < -0.4 is 10.8 Å². The fourth-order valence-electron chi connectivity index (χ4n) is 0.325. The normalized spacial score (nSPS) is 7.10. The molecule has 1 radical (unpaired) electrons. The van der Waals surface area contributed by atoms with E-state index in [1.807, 2.05) is 13.8 Å². The van der Waals surface area contributed by atoms with Crippen LogP contribution in [-0.4, -0.2) is 10.1 Å². The second-order valence-corrected chi connectivity index (χ2v) is 1.22. The smallest absolute Gasteiger partial charge is 0.412 e. The van der Waals surface area contributed by atoms with Gasteiger partial charge in [0.2, 0.25) is 0 Å². The number of nitrogens with one attached hydrogen (secondary N) is 1. The van der Waals surface area contributed by atoms with Crippen LogP contribution in [0.2, 0.25) is 0 Å². The maximum absolute atomic E-state index is 10.1. The van der Waals surface area contributed by atoms with Gasteiger partial charge in [0.1, 0.15) is 0 Å². The van der Waals surface area contributed by atoms with Crippen molar-refractivity contribution < 1.29 is 19.5 Å². The number of aromatic amines is 1. The quantitative estimate of drug-likeness (QED) is 0.640. The molecule has 0 aliphatic heterocycles. The first-order chi connectivity index (χ1) is 4.29. The number of aryl methyl sites for hydroxylation is 1. The molecule has 0 bridgehead atoms. The van der Waals surface area contributed by atoms with E-state index >= 15 is 0 Å². The first-order valence-corrected chi connectivity index (χ1v) is 2.85. The maximum atomic E-state index is 10.1. The topological polar surface area (TPSA) is 59.9 Å². The summed E-state index contributed by atoms with van der Waals surface area (Å²) in [6.07, 6.45) is 0. The molecule has 1 aromatic heterocycles. The van der Waals surface area contributed by atoms with Crippen molar-refractivity contribution in [2.45, 2.75) is 20.8 Å². The van der Waals surface area contributed by atoms with E-state index in [9.17, 15) is 4.79 Å². The van der Waals surface area contributed by atoms with E-state index in [-0.39, 0.29) is 25.2 Å². The molecule has 0 amide bonds. The van der Waals surface area contributed by atoms with Gasteiger partial charge in [-0.3, -0.25) is 9.89 Å². The van der Waals surface area contributed by atoms with Crippen molar-refractivity contribution in [2.75, 3.05) is 0 Å². The third kappa shape index (κ3) is 4.44. The Bertz CT molecular complexity index is 205. The van der Waals surface area contributed by atoms with Gasteiger partial charge in [-0.25, -0.2) is 0 Å². The van der Waals surface area contributed by atoms with Crippen LogP contribution in [0.5, 0.6) is 0 Å². The summed E-state index contributed by atoms with van der Waals surface area (Å²) in [6.45, 7) is 5.68. The standard InChI is InChI=1S/C3H5N3O.C2H6.Ru/c1-2-4-3(7)6-5-2;1-2;/h1H3,(H2,4,5,6,7);1-2H3;/q;;+1/p-1. The second-order valence-electron chi connectivity index (χ2n) is 1.22. The van der Waals surface area contributed by atoms with Crippen molar-refractivity contribution in [3.05, 3.63) is 16.3 Å². The Morgan fingerprint density at radius 2 is 2.00 bits per heavy atom. The largest absolute Gasteiger partial charge is 1.00 e. The molecular weight excluding hydrogens is 219 g/mol. The Morgan fingerprint density at radius 3 is 2.10 bits per heavy atom. The fourth-order valence-corrected chi connectivity index (χ4v) is 0.325. The van der Waals surface area contributed by atoms with Gasteiger partial charge in [-0.05, 0) is 6.92 Å². The van der Waals surface area contributed by atoms with Gasteiger partial charge in [0.05, 0.1) is 0 Å². The summed E-state index contributed by atoms with van der Waals surface area (Å²) in [5, 5.41) is 6.55. The van der Waals surface area contributed by atoms with E-state index in [1.165, 1.54) is 0 Å². The summed E-state index contributed by atoms with van der Waals surface area (Å²) < 4.78 is 0. The Hall–Kier alpha value is -0.437. The van der Waals surface area contributed by atoms with E-state index < -0.39 is 0 Å². The van der Waals surface area contributed by atoms with Crippen molar-refractivity contribution in [1.29, 1.82) is 0 Å². The third-order valence-corrected chi connectivity index (χ3v) is 0.579. The number of hydrogen-bond donors (Lipinski definition) is 1. The van der Waals surface area contributed by atoms with Crippen molar-refractivity contribution in [3.8, 4) is 0 Å². The molecule has 10 heavy (non-hydrogen) atoms. The molecule has 0 unspecified atom stereocenters. The predicted molar refractivity (Wildman–Crippen MR) is 34.3 cm³/mol. The SMILES string of the molecule is CC.Cc1n[n-]c(=O)[nH]1.[Ru+]. The molecule has 0 atom stereocenters. The molecule has 59 valence electrons. The molecule has 0 spiro atoms. The zero-order valence-corrected chi connectivity index (χ0v) is 7.89. The van der Waals surface area contributed by atoms with Gasteiger partial charge in [-0.2, -0.15) is 0 Å². The van der Waals surface area contributed by atoms with E-state index in [0.717, 1.165) is 0 Å². The van der Waals surface area contributed by atoms with Crippen molar-refractivity contribution in [2.24, 2.45) is 0 Å². The van der Waals surface area contributed by atoms with Gasteiger partial charge in [0.25, 0.3) is 0 Å². The zero-order chi connectivity index (χ0) is 7.28. The molecule has 0 saturated heterocycles. The van der Waals surface area contributed by atoms with Crippen LogP contribution in [0, 0.1) is 6.92 Å². The number of hydrogen-bond acceptors (Lipinski definition) is 2. The Labute approximate surface area is 72.2 Å². The van der Waals surface area contributed by atoms with E-state index in [1.54, 1.807) is 6.92 Å². The van der Waals surface area contributed by atoms with Crippen LogP contribution in [0.3, 0.4) is 0 Å². The van der Waals surface area contributed by atoms with Gasteiger partial charge in [0.15, 0.2) is 5.69 Å². The molecule has 5 heteroatoms. The maximum Gasteiger partial charge on any atom is 1.00 e. The van der Waals surface area contributed by atoms with Gasteiger partial charge in [-0.15, -0.1) is 0 Å². The van der Waals surface area contributed by atoms with Gasteiger partial charge in [0, 0.05) is 5.82 Å². The summed E-state index contributed by atoms with van der Waals surface area (Å²) in [5.74, 6) is 0.560. The molecular formula is C5H10N3ORu. The van der Waals surface area contributed by atoms with Crippen molar-refractivity contribution >= 4 is 0 Å². The van der Waals surface area contributed by atoms with E-state index in [2.05, 4.69) is 15.2 Å². The third-order valence-electron chi connectivity index (χ3n) is 0.579. The molecule has 1 heterocycles. The molecule has 0 aliphatic carbocycles. The second kappa shape index (κ2) is 6.68. The zero-order valence-electron chi connectivity index (χ0n) is 6.16. The molecule has 1 N–H and O–H groups in total. The summed E-state index contributed by atoms with van der Waals surface area (Å²) in [5.41, 5.74) is -0.377. The van der Waals surface area contributed by atoms with Crippen LogP contribution in [-0.2, 0) is 19.5 Å². The van der Waals surface area contributed by atoms with E-state index in [4.69, 9.17) is 0 Å². The first-order valence-electron chi connectivity index (χ1n) is 2.85. The van der Waals surface area contributed by atoms with Crippen LogP contribution in [0.15, 0.2) is 4.79 Å². The molecule has 0 aliphatic rings. The Kier molecular flexibility index (Phi) is 8.19. The molecule has 0 saturated carbocycles. The molecule has 1 rings (SSSR count). The molecule has 1 aromatic rings. The van der Waals surface area contributed by atoms with Gasteiger partial charge in [-0.1, -0.05) is 13.8 Å². The van der Waals surface area contributed by atoms with Crippen LogP contribution in [0.1, 0.15) is 19.7 Å². The minimum Gasteiger partial charge on any atom is -0.412 e. The number of rotatable bonds is 0. The van der Waals surface area contributed by atoms with Crippen molar-refractivity contribution in [3.63, 3.8) is 0 Å². The molecule has 0 fully saturated rings. The van der Waals surface area contributed by atoms with Crippen LogP contribution in [0.25, 0.3) is 0 Å². The van der Waals surface area contributed by atoms with Gasteiger partial charge < -0.3 is 10.1 Å². The average Bonchev–Trinajstić information content (AvgIpc) is 2.20. The van der Waals surface area contributed by atoms with Crippen LogP contribution >= 0.6 is 0 Å². The molecule has 4 nitrogen and oxygen atoms in total. The number of H-pyrrole nitrogens is 1. The fraction of sp³-hybridized carbons (Fsp3) is 0.600.